The molecule has 0 unspecified atom stereocenters. The number of benzene rings is 1. The Balaban J connectivity index is 1.82. The van der Waals surface area contributed by atoms with Crippen LogP contribution in [0.1, 0.15) is 39.3 Å². The highest BCUT2D eigenvalue weighted by molar-refractivity contribution is 9.10. The summed E-state index contributed by atoms with van der Waals surface area (Å²) in [5.74, 6) is 0.864. The first kappa shape index (κ1) is 22.0. The number of fused-ring (bicyclic) bond motifs is 1. The molecule has 0 spiro atoms. The van der Waals surface area contributed by atoms with Gasteiger partial charge in [0.2, 0.25) is 11.9 Å². The highest BCUT2D eigenvalue weighted by atomic mass is 79.9. The summed E-state index contributed by atoms with van der Waals surface area (Å²) in [5.41, 5.74) is 1.90. The van der Waals surface area contributed by atoms with E-state index < -0.39 is 0 Å². The van der Waals surface area contributed by atoms with Gasteiger partial charge in [0.1, 0.15) is 18.0 Å². The van der Waals surface area contributed by atoms with Crippen LogP contribution < -0.4 is 15.6 Å². The van der Waals surface area contributed by atoms with E-state index in [1.165, 1.54) is 6.07 Å². The van der Waals surface area contributed by atoms with Crippen LogP contribution in [0.4, 0.5) is 5.95 Å². The highest BCUT2D eigenvalue weighted by Gasteiger charge is 2.17. The zero-order valence-corrected chi connectivity index (χ0v) is 19.4. The van der Waals surface area contributed by atoms with Crippen LogP contribution in [0.5, 0.6) is 5.75 Å². The van der Waals surface area contributed by atoms with E-state index >= 15 is 0 Å². The van der Waals surface area contributed by atoms with Crippen molar-refractivity contribution < 1.29 is 9.53 Å². The predicted octanol–water partition coefficient (Wildman–Crippen LogP) is 3.69. The number of nitrogens with one attached hydrogen (secondary N) is 1. The Hall–Kier alpha value is -2.68. The van der Waals surface area contributed by atoms with E-state index in [0.29, 0.717) is 29.9 Å². The minimum absolute atomic E-state index is 0.0420. The second-order valence-electron chi connectivity index (χ2n) is 7.92. The van der Waals surface area contributed by atoms with Gasteiger partial charge in [0.05, 0.1) is 17.6 Å². The molecule has 0 aliphatic heterocycles. The third-order valence-electron chi connectivity index (χ3n) is 4.50. The van der Waals surface area contributed by atoms with E-state index in [1.807, 2.05) is 52.9 Å². The molecule has 0 aliphatic rings. The number of aryl methyl sites for hydroxylation is 1. The largest absolute Gasteiger partial charge is 0.491 e. The van der Waals surface area contributed by atoms with Crippen LogP contribution >= 0.6 is 15.9 Å². The van der Waals surface area contributed by atoms with Gasteiger partial charge in [-0.05, 0) is 24.1 Å². The molecule has 2 aromatic heterocycles. The van der Waals surface area contributed by atoms with Gasteiger partial charge in [-0.25, -0.2) is 9.67 Å². The summed E-state index contributed by atoms with van der Waals surface area (Å²) in [6.07, 6.45) is 0. The minimum Gasteiger partial charge on any atom is -0.491 e. The van der Waals surface area contributed by atoms with Crippen LogP contribution in [0.15, 0.2) is 33.5 Å². The van der Waals surface area contributed by atoms with Gasteiger partial charge < -0.3 is 9.30 Å². The number of ether oxygens (including phenoxy) is 1. The Morgan fingerprint density at radius 2 is 1.97 bits per heavy atom. The summed E-state index contributed by atoms with van der Waals surface area (Å²) >= 11 is 3.42. The molecule has 0 bridgehead atoms. The standard InChI is InChI=1S/C21H26BrN5O3/c1-12(2)11-30-17-9-19(29)27(25-20(17)13(3)4)10-18(28)24-21-23-15-8-14(22)6-7-16(15)26(21)5/h6-9,12-13H,10-11H2,1-5H3,(H,23,24,28). The van der Waals surface area contributed by atoms with Gasteiger partial charge in [-0.15, -0.1) is 0 Å². The van der Waals surface area contributed by atoms with Crippen molar-refractivity contribution in [3.05, 3.63) is 44.8 Å². The lowest BCUT2D eigenvalue weighted by Crippen LogP contribution is -2.31. The number of carbonyl (C=O) groups excluding carboxylic acids is 1. The molecule has 9 heteroatoms. The molecular formula is C21H26BrN5O3. The SMILES string of the molecule is CC(C)COc1cc(=O)n(CC(=O)Nc2nc3cc(Br)ccc3n2C)nc1C(C)C. The van der Waals surface area contributed by atoms with Crippen molar-refractivity contribution in [1.29, 1.82) is 0 Å². The number of anilines is 1. The summed E-state index contributed by atoms with van der Waals surface area (Å²) < 4.78 is 9.62. The first-order valence-corrected chi connectivity index (χ1v) is 10.6. The summed E-state index contributed by atoms with van der Waals surface area (Å²) in [5, 5.41) is 7.16. The molecule has 3 aromatic rings. The maximum atomic E-state index is 12.6. The molecule has 0 aliphatic carbocycles. The van der Waals surface area contributed by atoms with E-state index in [1.54, 1.807) is 4.57 Å². The van der Waals surface area contributed by atoms with Gasteiger partial charge in [0.25, 0.3) is 5.56 Å². The van der Waals surface area contributed by atoms with Gasteiger partial charge in [-0.3, -0.25) is 14.9 Å². The van der Waals surface area contributed by atoms with Crippen molar-refractivity contribution in [2.24, 2.45) is 13.0 Å². The van der Waals surface area contributed by atoms with Gasteiger partial charge in [0, 0.05) is 23.5 Å². The quantitative estimate of drug-likeness (QED) is 0.562. The molecule has 0 saturated heterocycles. The Bertz CT molecular complexity index is 1130. The second kappa shape index (κ2) is 8.99. The van der Waals surface area contributed by atoms with E-state index in [4.69, 9.17) is 4.74 Å². The molecule has 1 amide bonds. The van der Waals surface area contributed by atoms with Gasteiger partial charge in [-0.2, -0.15) is 5.10 Å². The predicted molar refractivity (Wildman–Crippen MR) is 120 cm³/mol. The lowest BCUT2D eigenvalue weighted by molar-refractivity contribution is -0.117. The zero-order valence-electron chi connectivity index (χ0n) is 17.8. The summed E-state index contributed by atoms with van der Waals surface area (Å²) in [7, 11) is 1.82. The number of carbonyl (C=O) groups is 1. The number of hydrogen-bond acceptors (Lipinski definition) is 5. The monoisotopic (exact) mass is 475 g/mol. The number of amides is 1. The first-order chi connectivity index (χ1) is 14.2. The Morgan fingerprint density at radius 1 is 1.23 bits per heavy atom. The summed E-state index contributed by atoms with van der Waals surface area (Å²) in [6.45, 7) is 8.29. The fraction of sp³-hybridized carbons (Fsp3) is 0.429. The average Bonchev–Trinajstić information content (AvgIpc) is 2.96. The Kier molecular flexibility index (Phi) is 6.60. The molecule has 0 atom stereocenters. The Morgan fingerprint density at radius 3 is 2.63 bits per heavy atom. The van der Waals surface area contributed by atoms with Crippen molar-refractivity contribution >= 4 is 38.8 Å². The van der Waals surface area contributed by atoms with Gasteiger partial charge >= 0.3 is 0 Å². The molecule has 3 rings (SSSR count). The number of halogens is 1. The van der Waals surface area contributed by atoms with Crippen molar-refractivity contribution in [3.8, 4) is 5.75 Å². The fourth-order valence-corrected chi connectivity index (χ4v) is 3.31. The van der Waals surface area contributed by atoms with E-state index in [0.717, 1.165) is 20.2 Å². The van der Waals surface area contributed by atoms with Crippen molar-refractivity contribution in [2.45, 2.75) is 40.2 Å². The lowest BCUT2D eigenvalue weighted by Gasteiger charge is -2.16. The topological polar surface area (TPSA) is 91.0 Å². The van der Waals surface area contributed by atoms with E-state index in [9.17, 15) is 9.59 Å². The van der Waals surface area contributed by atoms with Crippen molar-refractivity contribution in [2.75, 3.05) is 11.9 Å². The first-order valence-electron chi connectivity index (χ1n) is 9.82. The normalized spacial score (nSPS) is 11.5. The van der Waals surface area contributed by atoms with Crippen LogP contribution in [0.2, 0.25) is 0 Å². The average molecular weight is 476 g/mol. The van der Waals surface area contributed by atoms with Crippen LogP contribution in [-0.2, 0) is 18.4 Å². The van der Waals surface area contributed by atoms with E-state index in [-0.39, 0.29) is 23.9 Å². The zero-order chi connectivity index (χ0) is 22.0. The number of aromatic nitrogens is 4. The van der Waals surface area contributed by atoms with Crippen LogP contribution in [0.3, 0.4) is 0 Å². The molecule has 0 fully saturated rings. The van der Waals surface area contributed by atoms with Crippen molar-refractivity contribution in [3.63, 3.8) is 0 Å². The van der Waals surface area contributed by atoms with Crippen LogP contribution in [-0.4, -0.2) is 31.8 Å². The Labute approximate surface area is 183 Å². The number of rotatable bonds is 7. The molecule has 0 radical (unpaired) electrons. The third kappa shape index (κ3) is 4.89. The molecule has 1 aromatic carbocycles. The molecule has 1 N–H and O–H groups in total. The maximum Gasteiger partial charge on any atom is 0.270 e. The molecule has 2 heterocycles. The van der Waals surface area contributed by atoms with E-state index in [2.05, 4.69) is 31.3 Å². The minimum atomic E-state index is -0.387. The number of imidazole rings is 1. The number of nitrogens with zero attached hydrogens (tertiary/aromatic N) is 4. The molecule has 8 nitrogen and oxygen atoms in total. The van der Waals surface area contributed by atoms with Crippen LogP contribution in [0.25, 0.3) is 11.0 Å². The lowest BCUT2D eigenvalue weighted by atomic mass is 10.1. The van der Waals surface area contributed by atoms with Crippen LogP contribution in [0, 0.1) is 5.92 Å². The summed E-state index contributed by atoms with van der Waals surface area (Å²) in [6, 6.07) is 7.11. The number of hydrogen-bond donors (Lipinski definition) is 1. The second-order valence-corrected chi connectivity index (χ2v) is 8.84. The van der Waals surface area contributed by atoms with Gasteiger partial charge in [-0.1, -0.05) is 43.6 Å². The maximum absolute atomic E-state index is 12.6. The molecule has 160 valence electrons. The third-order valence-corrected chi connectivity index (χ3v) is 4.99. The van der Waals surface area contributed by atoms with Gasteiger partial charge in [0.15, 0.2) is 0 Å². The smallest absolute Gasteiger partial charge is 0.270 e. The summed E-state index contributed by atoms with van der Waals surface area (Å²) in [4.78, 5) is 29.6. The van der Waals surface area contributed by atoms with Crippen molar-refractivity contribution in [1.82, 2.24) is 19.3 Å². The molecule has 0 saturated carbocycles. The fourth-order valence-electron chi connectivity index (χ4n) is 2.96. The highest BCUT2D eigenvalue weighted by Crippen LogP contribution is 2.23. The molecular weight excluding hydrogens is 450 g/mol. The molecule has 30 heavy (non-hydrogen) atoms.